The average Bonchev–Trinajstić information content (AvgIpc) is 3.01. The summed E-state index contributed by atoms with van der Waals surface area (Å²) in [5.74, 6) is -0.166. The fraction of sp³-hybridized carbons (Fsp3) is 0.556. The normalized spacial score (nSPS) is 22.3. The van der Waals surface area contributed by atoms with Crippen LogP contribution in [0.1, 0.15) is 44.1 Å². The van der Waals surface area contributed by atoms with Crippen molar-refractivity contribution >= 4 is 26.8 Å². The summed E-state index contributed by atoms with van der Waals surface area (Å²) < 4.78 is 27.7. The number of hydrogen-bond donors (Lipinski definition) is 2. The maximum Gasteiger partial charge on any atom is 0.245 e. The van der Waals surface area contributed by atoms with Crippen molar-refractivity contribution in [1.29, 1.82) is 0 Å². The average molecular weight is 376 g/mol. The number of carbonyl (C=O) groups is 1. The van der Waals surface area contributed by atoms with Crippen LogP contribution in [0.4, 0.5) is 0 Å². The van der Waals surface area contributed by atoms with Gasteiger partial charge in [0.2, 0.25) is 15.9 Å². The summed E-state index contributed by atoms with van der Waals surface area (Å²) in [4.78, 5) is 12.8. The summed E-state index contributed by atoms with van der Waals surface area (Å²) in [6.07, 6.45) is 7.61. The Labute approximate surface area is 153 Å². The molecular formula is C18H24N4O3S. The molecule has 1 aromatic heterocycles. The van der Waals surface area contributed by atoms with E-state index in [0.29, 0.717) is 18.5 Å². The number of aromatic amines is 1. The lowest BCUT2D eigenvalue weighted by molar-refractivity contribution is -0.128. The topological polar surface area (TPSA) is 95.2 Å². The molecule has 2 aromatic rings. The monoisotopic (exact) mass is 376 g/mol. The van der Waals surface area contributed by atoms with Crippen molar-refractivity contribution in [2.75, 3.05) is 6.54 Å². The molecule has 2 aliphatic rings. The van der Waals surface area contributed by atoms with Crippen LogP contribution in [0.15, 0.2) is 23.2 Å². The molecule has 4 rings (SSSR count). The number of H-pyrrole nitrogens is 1. The van der Waals surface area contributed by atoms with Crippen molar-refractivity contribution in [1.82, 2.24) is 19.8 Å². The van der Waals surface area contributed by atoms with Gasteiger partial charge in [-0.25, -0.2) is 8.42 Å². The number of aromatic nitrogens is 2. The zero-order valence-electron chi connectivity index (χ0n) is 14.9. The summed E-state index contributed by atoms with van der Waals surface area (Å²) in [6.45, 7) is 2.23. The molecular weight excluding hydrogens is 352 g/mol. The zero-order chi connectivity index (χ0) is 18.3. The van der Waals surface area contributed by atoms with E-state index >= 15 is 0 Å². The van der Waals surface area contributed by atoms with Crippen LogP contribution in [0.2, 0.25) is 0 Å². The largest absolute Gasteiger partial charge is 0.352 e. The van der Waals surface area contributed by atoms with Crippen molar-refractivity contribution in [3.63, 3.8) is 0 Å². The molecule has 2 N–H and O–H groups in total. The van der Waals surface area contributed by atoms with Crippen LogP contribution in [-0.2, 0) is 14.8 Å². The highest BCUT2D eigenvalue weighted by molar-refractivity contribution is 7.89. The number of rotatable bonds is 4. The predicted molar refractivity (Wildman–Crippen MR) is 98.1 cm³/mol. The second-order valence-corrected chi connectivity index (χ2v) is 9.22. The van der Waals surface area contributed by atoms with Crippen molar-refractivity contribution in [3.8, 4) is 0 Å². The molecule has 140 valence electrons. The van der Waals surface area contributed by atoms with Crippen LogP contribution in [0, 0.1) is 6.92 Å². The van der Waals surface area contributed by atoms with Crippen molar-refractivity contribution < 1.29 is 13.2 Å². The molecule has 2 heterocycles. The van der Waals surface area contributed by atoms with Crippen molar-refractivity contribution in [2.24, 2.45) is 0 Å². The number of fused-ring (bicyclic) bond motifs is 1. The van der Waals surface area contributed by atoms with E-state index in [2.05, 4.69) is 15.5 Å². The molecule has 1 saturated heterocycles. The summed E-state index contributed by atoms with van der Waals surface area (Å²) in [6, 6.07) is 3.10. The minimum absolute atomic E-state index is 0.166. The summed E-state index contributed by atoms with van der Waals surface area (Å²) in [7, 11) is -3.76. The molecule has 1 atom stereocenters. The van der Waals surface area contributed by atoms with Crippen LogP contribution in [0.25, 0.3) is 10.9 Å². The van der Waals surface area contributed by atoms with Gasteiger partial charge in [0.15, 0.2) is 0 Å². The third-order valence-electron chi connectivity index (χ3n) is 5.47. The van der Waals surface area contributed by atoms with Crippen LogP contribution in [-0.4, -0.2) is 47.5 Å². The molecule has 0 bridgehead atoms. The molecule has 1 aliphatic carbocycles. The summed E-state index contributed by atoms with van der Waals surface area (Å²) >= 11 is 0. The smallest absolute Gasteiger partial charge is 0.245 e. The Kier molecular flexibility index (Phi) is 4.48. The number of sulfonamides is 1. The van der Waals surface area contributed by atoms with Crippen LogP contribution < -0.4 is 5.32 Å². The van der Waals surface area contributed by atoms with E-state index < -0.39 is 16.1 Å². The number of nitrogens with one attached hydrogen (secondary N) is 2. The standard InChI is InChI=1S/C18H24N4O3S/c1-12-9-13-11-19-21-17(13)16(10-12)26(24,25)22-8-7-15(22)18(23)20-14-5-3-2-4-6-14/h9-11,14-15H,2-8H2,1H3,(H,19,21)(H,20,23)/t15-/m0/s1. The maximum absolute atomic E-state index is 13.2. The highest BCUT2D eigenvalue weighted by Gasteiger charge is 2.44. The predicted octanol–water partition coefficient (Wildman–Crippen LogP) is 2.08. The van der Waals surface area contributed by atoms with Gasteiger partial charge in [-0.15, -0.1) is 0 Å². The van der Waals surface area contributed by atoms with E-state index in [4.69, 9.17) is 0 Å². The molecule has 0 unspecified atom stereocenters. The molecule has 8 heteroatoms. The minimum Gasteiger partial charge on any atom is -0.352 e. The van der Waals surface area contributed by atoms with Crippen molar-refractivity contribution in [3.05, 3.63) is 23.9 Å². The number of amides is 1. The Morgan fingerprint density at radius 1 is 1.23 bits per heavy atom. The van der Waals surface area contributed by atoms with Gasteiger partial charge in [0, 0.05) is 18.0 Å². The fourth-order valence-electron chi connectivity index (χ4n) is 3.96. The fourth-order valence-corrected chi connectivity index (χ4v) is 5.85. The van der Waals surface area contributed by atoms with Gasteiger partial charge >= 0.3 is 0 Å². The van der Waals surface area contributed by atoms with Gasteiger partial charge in [-0.1, -0.05) is 19.3 Å². The van der Waals surface area contributed by atoms with E-state index in [-0.39, 0.29) is 16.8 Å². The van der Waals surface area contributed by atoms with E-state index in [0.717, 1.165) is 36.6 Å². The first-order chi connectivity index (χ1) is 12.5. The van der Waals surface area contributed by atoms with Gasteiger partial charge in [-0.2, -0.15) is 9.40 Å². The molecule has 26 heavy (non-hydrogen) atoms. The first-order valence-electron chi connectivity index (χ1n) is 9.23. The molecule has 2 fully saturated rings. The lowest BCUT2D eigenvalue weighted by Crippen LogP contribution is -2.59. The molecule has 7 nitrogen and oxygen atoms in total. The summed E-state index contributed by atoms with van der Waals surface area (Å²) in [5, 5.41) is 10.6. The van der Waals surface area contributed by atoms with Crippen molar-refractivity contribution in [2.45, 2.75) is 62.4 Å². The Morgan fingerprint density at radius 2 is 2.00 bits per heavy atom. The number of benzene rings is 1. The molecule has 1 aromatic carbocycles. The van der Waals surface area contributed by atoms with Gasteiger partial charge in [-0.05, 0) is 43.9 Å². The lowest BCUT2D eigenvalue weighted by atomic mass is 9.95. The quantitative estimate of drug-likeness (QED) is 0.854. The van der Waals surface area contributed by atoms with Gasteiger partial charge in [0.05, 0.1) is 11.7 Å². The Hall–Kier alpha value is -1.93. The Bertz CT molecular complexity index is 931. The lowest BCUT2D eigenvalue weighted by Gasteiger charge is -2.39. The maximum atomic E-state index is 13.2. The number of nitrogens with zero attached hydrogens (tertiary/aromatic N) is 2. The van der Waals surface area contributed by atoms with E-state index in [1.165, 1.54) is 10.7 Å². The SMILES string of the molecule is Cc1cc(S(=O)(=O)N2CC[C@H]2C(=O)NC2CCCCC2)c2[nH]ncc2c1. The van der Waals surface area contributed by atoms with Crippen LogP contribution in [0.5, 0.6) is 0 Å². The van der Waals surface area contributed by atoms with E-state index in [1.54, 1.807) is 12.3 Å². The first-order valence-corrected chi connectivity index (χ1v) is 10.7. The zero-order valence-corrected chi connectivity index (χ0v) is 15.7. The molecule has 1 amide bonds. The number of aryl methyl sites for hydroxylation is 1. The second-order valence-electron chi connectivity index (χ2n) is 7.36. The molecule has 0 radical (unpaired) electrons. The third kappa shape index (κ3) is 3.01. The Morgan fingerprint density at radius 3 is 2.69 bits per heavy atom. The highest BCUT2D eigenvalue weighted by atomic mass is 32.2. The van der Waals surface area contributed by atoms with Gasteiger partial charge in [0.1, 0.15) is 10.9 Å². The second kappa shape index (κ2) is 6.66. The highest BCUT2D eigenvalue weighted by Crippen LogP contribution is 2.32. The Balaban J connectivity index is 1.57. The molecule has 0 spiro atoms. The van der Waals surface area contributed by atoms with Gasteiger partial charge in [0.25, 0.3) is 0 Å². The number of carbonyl (C=O) groups excluding carboxylic acids is 1. The van der Waals surface area contributed by atoms with Gasteiger partial charge in [-0.3, -0.25) is 9.89 Å². The van der Waals surface area contributed by atoms with Crippen LogP contribution >= 0.6 is 0 Å². The third-order valence-corrected chi connectivity index (χ3v) is 7.40. The minimum atomic E-state index is -3.76. The number of hydrogen-bond acceptors (Lipinski definition) is 4. The van der Waals surface area contributed by atoms with E-state index in [9.17, 15) is 13.2 Å². The molecule has 1 aliphatic heterocycles. The summed E-state index contributed by atoms with van der Waals surface area (Å²) in [5.41, 5.74) is 1.34. The first kappa shape index (κ1) is 17.5. The van der Waals surface area contributed by atoms with E-state index in [1.807, 2.05) is 13.0 Å². The van der Waals surface area contributed by atoms with Crippen LogP contribution in [0.3, 0.4) is 0 Å². The van der Waals surface area contributed by atoms with Gasteiger partial charge < -0.3 is 5.32 Å². The molecule has 1 saturated carbocycles.